The summed E-state index contributed by atoms with van der Waals surface area (Å²) in [6, 6.07) is 5.58. The molecule has 1 aliphatic rings. The number of amides is 1. The lowest BCUT2D eigenvalue weighted by molar-refractivity contribution is -0.142. The van der Waals surface area contributed by atoms with Crippen LogP contribution in [0, 0.1) is 5.92 Å². The Balaban J connectivity index is 2.21. The lowest BCUT2D eigenvalue weighted by Gasteiger charge is -2.38. The highest BCUT2D eigenvalue weighted by atomic mass is 16.5. The van der Waals surface area contributed by atoms with Crippen molar-refractivity contribution in [3.8, 4) is 11.5 Å². The smallest absolute Gasteiger partial charge is 0.307 e. The fourth-order valence-corrected chi connectivity index (χ4v) is 3.74. The number of carbonyl (C=O) groups is 2. The third kappa shape index (κ3) is 5.75. The first-order chi connectivity index (χ1) is 13.5. The van der Waals surface area contributed by atoms with Gasteiger partial charge in [0, 0.05) is 24.2 Å². The van der Waals surface area contributed by atoms with Crippen molar-refractivity contribution in [3.05, 3.63) is 29.8 Å². The van der Waals surface area contributed by atoms with Gasteiger partial charge >= 0.3 is 5.97 Å². The van der Waals surface area contributed by atoms with Crippen molar-refractivity contribution in [3.63, 3.8) is 0 Å². The molecule has 28 heavy (non-hydrogen) atoms. The Morgan fingerprint density at radius 3 is 2.54 bits per heavy atom. The van der Waals surface area contributed by atoms with E-state index in [1.807, 2.05) is 17.0 Å². The summed E-state index contributed by atoms with van der Waals surface area (Å²) < 4.78 is 15.4. The molecule has 0 aliphatic heterocycles. The van der Waals surface area contributed by atoms with E-state index in [0.29, 0.717) is 24.0 Å². The van der Waals surface area contributed by atoms with Gasteiger partial charge in [-0.05, 0) is 43.0 Å². The van der Waals surface area contributed by atoms with Crippen LogP contribution in [0.2, 0.25) is 0 Å². The van der Waals surface area contributed by atoms with Gasteiger partial charge in [-0.3, -0.25) is 9.59 Å². The Bertz CT molecular complexity index is 700. The number of hydrogen-bond donors (Lipinski definition) is 0. The minimum Gasteiger partial charge on any atom is -0.497 e. The van der Waals surface area contributed by atoms with Crippen LogP contribution in [0.5, 0.6) is 11.5 Å². The quantitative estimate of drug-likeness (QED) is 0.501. The molecule has 154 valence electrons. The van der Waals surface area contributed by atoms with E-state index in [4.69, 9.17) is 14.2 Å². The molecule has 1 aliphatic carbocycles. The number of carbonyl (C=O) groups excluding carboxylic acids is 2. The van der Waals surface area contributed by atoms with E-state index in [1.54, 1.807) is 32.4 Å². The lowest BCUT2D eigenvalue weighted by Crippen LogP contribution is -2.45. The number of ether oxygens (including phenoxy) is 3. The summed E-state index contributed by atoms with van der Waals surface area (Å²) in [4.78, 5) is 26.5. The summed E-state index contributed by atoms with van der Waals surface area (Å²) in [5.74, 6) is 1.36. The molecule has 1 amide bonds. The molecular weight excluding hydrogens is 358 g/mol. The molecule has 0 bridgehead atoms. The molecule has 0 radical (unpaired) electrons. The van der Waals surface area contributed by atoms with Gasteiger partial charge in [0.1, 0.15) is 11.5 Å². The number of nitrogens with zero attached hydrogens (tertiary/aromatic N) is 1. The molecule has 2 rings (SSSR count). The summed E-state index contributed by atoms with van der Waals surface area (Å²) >= 11 is 0. The van der Waals surface area contributed by atoms with Crippen molar-refractivity contribution in [2.45, 2.75) is 45.1 Å². The van der Waals surface area contributed by atoms with Crippen molar-refractivity contribution < 1.29 is 23.8 Å². The van der Waals surface area contributed by atoms with E-state index >= 15 is 0 Å². The zero-order valence-electron chi connectivity index (χ0n) is 17.3. The van der Waals surface area contributed by atoms with E-state index in [9.17, 15) is 9.59 Å². The number of methoxy groups -OCH3 is 3. The highest BCUT2D eigenvalue weighted by Gasteiger charge is 2.29. The Labute approximate surface area is 167 Å². The van der Waals surface area contributed by atoms with E-state index < -0.39 is 0 Å². The van der Waals surface area contributed by atoms with Crippen molar-refractivity contribution >= 4 is 18.0 Å². The van der Waals surface area contributed by atoms with Crippen LogP contribution in [0.25, 0.3) is 6.08 Å². The Morgan fingerprint density at radius 1 is 1.14 bits per heavy atom. The first-order valence-electron chi connectivity index (χ1n) is 9.77. The van der Waals surface area contributed by atoms with Gasteiger partial charge in [-0.15, -0.1) is 0 Å². The summed E-state index contributed by atoms with van der Waals surface area (Å²) in [7, 11) is 4.56. The van der Waals surface area contributed by atoms with E-state index in [0.717, 1.165) is 24.8 Å². The summed E-state index contributed by atoms with van der Waals surface area (Å²) in [6.45, 7) is 2.54. The van der Waals surface area contributed by atoms with Crippen LogP contribution in [0.4, 0.5) is 0 Å². The Morgan fingerprint density at radius 2 is 1.89 bits per heavy atom. The number of esters is 1. The molecule has 1 aromatic rings. The molecule has 0 aromatic heterocycles. The molecule has 2 unspecified atom stereocenters. The molecule has 6 heteroatoms. The summed E-state index contributed by atoms with van der Waals surface area (Å²) in [5.41, 5.74) is 0.764. The minimum atomic E-state index is -0.306. The van der Waals surface area contributed by atoms with Crippen LogP contribution in [-0.4, -0.2) is 50.7 Å². The molecule has 1 fully saturated rings. The molecule has 2 atom stereocenters. The van der Waals surface area contributed by atoms with E-state index in [1.165, 1.54) is 13.5 Å². The maximum atomic E-state index is 13.0. The topological polar surface area (TPSA) is 65.1 Å². The van der Waals surface area contributed by atoms with Crippen LogP contribution in [-0.2, 0) is 14.3 Å². The van der Waals surface area contributed by atoms with Gasteiger partial charge in [0.2, 0.25) is 5.91 Å². The third-order valence-electron chi connectivity index (χ3n) is 5.38. The van der Waals surface area contributed by atoms with Gasteiger partial charge in [-0.1, -0.05) is 19.8 Å². The van der Waals surface area contributed by atoms with Gasteiger partial charge in [0.05, 0.1) is 27.8 Å². The largest absolute Gasteiger partial charge is 0.497 e. The predicted octanol–water partition coefficient (Wildman–Crippen LogP) is 3.69. The van der Waals surface area contributed by atoms with Gasteiger partial charge in [-0.25, -0.2) is 0 Å². The first-order valence-corrected chi connectivity index (χ1v) is 9.77. The van der Waals surface area contributed by atoms with E-state index in [2.05, 4.69) is 6.92 Å². The highest BCUT2D eigenvalue weighted by Crippen LogP contribution is 2.29. The average Bonchev–Trinajstić information content (AvgIpc) is 2.72. The maximum Gasteiger partial charge on any atom is 0.307 e. The van der Waals surface area contributed by atoms with Crippen LogP contribution in [0.3, 0.4) is 0 Å². The van der Waals surface area contributed by atoms with Crippen LogP contribution < -0.4 is 9.47 Å². The molecule has 1 saturated carbocycles. The molecule has 0 N–H and O–H groups in total. The zero-order valence-corrected chi connectivity index (χ0v) is 17.3. The van der Waals surface area contributed by atoms with Gasteiger partial charge < -0.3 is 19.1 Å². The monoisotopic (exact) mass is 389 g/mol. The standard InChI is InChI=1S/C22H31NO5/c1-16-7-5-6-8-19(16)23(14-13-22(25)28-4)21(24)12-9-17-15-18(26-2)10-11-20(17)27-3/h9-12,15-16,19H,5-8,13-14H2,1-4H3/b12-9+. The molecule has 0 spiro atoms. The Hall–Kier alpha value is -2.50. The van der Waals surface area contributed by atoms with Crippen molar-refractivity contribution in [1.82, 2.24) is 4.90 Å². The SMILES string of the molecule is COC(=O)CCN(C(=O)/C=C/c1cc(OC)ccc1OC)C1CCCCC1C. The van der Waals surface area contributed by atoms with Gasteiger partial charge in [-0.2, -0.15) is 0 Å². The predicted molar refractivity (Wildman–Crippen MR) is 108 cm³/mol. The van der Waals surface area contributed by atoms with Gasteiger partial charge in [0.25, 0.3) is 0 Å². The summed E-state index contributed by atoms with van der Waals surface area (Å²) in [6.07, 6.45) is 7.84. The fraction of sp³-hybridized carbons (Fsp3) is 0.545. The first kappa shape index (κ1) is 21.8. The zero-order chi connectivity index (χ0) is 20.5. The second kappa shape index (κ2) is 10.7. The second-order valence-corrected chi connectivity index (χ2v) is 7.13. The highest BCUT2D eigenvalue weighted by molar-refractivity contribution is 5.92. The molecule has 1 aromatic carbocycles. The molecule has 0 saturated heterocycles. The fourth-order valence-electron chi connectivity index (χ4n) is 3.74. The molecule has 6 nitrogen and oxygen atoms in total. The maximum absolute atomic E-state index is 13.0. The van der Waals surface area contributed by atoms with Crippen LogP contribution >= 0.6 is 0 Å². The number of rotatable bonds is 8. The normalized spacial score (nSPS) is 19.3. The van der Waals surface area contributed by atoms with E-state index in [-0.39, 0.29) is 24.3 Å². The van der Waals surface area contributed by atoms with Crippen molar-refractivity contribution in [2.75, 3.05) is 27.9 Å². The summed E-state index contributed by atoms with van der Waals surface area (Å²) in [5, 5.41) is 0. The minimum absolute atomic E-state index is 0.104. The van der Waals surface area contributed by atoms with Crippen LogP contribution in [0.1, 0.15) is 44.6 Å². The van der Waals surface area contributed by atoms with Crippen LogP contribution in [0.15, 0.2) is 24.3 Å². The molecular formula is C22H31NO5. The second-order valence-electron chi connectivity index (χ2n) is 7.13. The van der Waals surface area contributed by atoms with Gasteiger partial charge in [0.15, 0.2) is 0 Å². The third-order valence-corrected chi connectivity index (χ3v) is 5.38. The van der Waals surface area contributed by atoms with Crippen molar-refractivity contribution in [2.24, 2.45) is 5.92 Å². The average molecular weight is 389 g/mol. The lowest BCUT2D eigenvalue weighted by atomic mass is 9.84. The molecule has 0 heterocycles. The number of benzene rings is 1. The Kier molecular flexibility index (Phi) is 8.36. The van der Waals surface area contributed by atoms with Crippen molar-refractivity contribution in [1.29, 1.82) is 0 Å². The number of hydrogen-bond acceptors (Lipinski definition) is 5.